The first-order valence-electron chi connectivity index (χ1n) is 7.94. The number of ether oxygens (including phenoxy) is 1. The van der Waals surface area contributed by atoms with Crippen LogP contribution in [0.2, 0.25) is 0 Å². The van der Waals surface area contributed by atoms with Crippen molar-refractivity contribution < 1.29 is 13.9 Å². The summed E-state index contributed by atoms with van der Waals surface area (Å²) in [4.78, 5) is 14.5. The van der Waals surface area contributed by atoms with E-state index >= 15 is 0 Å². The Morgan fingerprint density at radius 2 is 1.96 bits per heavy atom. The minimum Gasteiger partial charge on any atom is -0.459 e. The van der Waals surface area contributed by atoms with Crippen LogP contribution in [0.25, 0.3) is 0 Å². The van der Waals surface area contributed by atoms with Gasteiger partial charge in [0.05, 0.1) is 25.5 Å². The van der Waals surface area contributed by atoms with Crippen LogP contribution in [0.5, 0.6) is 0 Å². The summed E-state index contributed by atoms with van der Waals surface area (Å²) in [7, 11) is 0. The van der Waals surface area contributed by atoms with Crippen molar-refractivity contribution in [2.45, 2.75) is 13.0 Å². The summed E-state index contributed by atoms with van der Waals surface area (Å²) >= 11 is 0. The van der Waals surface area contributed by atoms with Crippen LogP contribution < -0.4 is 5.32 Å². The lowest BCUT2D eigenvalue weighted by Gasteiger charge is -2.35. The third kappa shape index (κ3) is 4.00. The number of benzene rings is 1. The fourth-order valence-corrected chi connectivity index (χ4v) is 2.82. The topological polar surface area (TPSA) is 54.7 Å². The largest absolute Gasteiger partial charge is 0.459 e. The number of amides is 1. The molecule has 1 saturated heterocycles. The van der Waals surface area contributed by atoms with E-state index in [1.54, 1.807) is 12.1 Å². The molecule has 0 aliphatic carbocycles. The number of carbonyl (C=O) groups is 1. The smallest absolute Gasteiger partial charge is 0.287 e. The van der Waals surface area contributed by atoms with Gasteiger partial charge in [0.15, 0.2) is 5.76 Å². The van der Waals surface area contributed by atoms with Crippen molar-refractivity contribution in [1.82, 2.24) is 10.2 Å². The van der Waals surface area contributed by atoms with Crippen LogP contribution in [0.4, 0.5) is 0 Å². The quantitative estimate of drug-likeness (QED) is 0.921. The molecule has 5 nitrogen and oxygen atoms in total. The minimum atomic E-state index is -0.180. The monoisotopic (exact) mass is 314 g/mol. The van der Waals surface area contributed by atoms with E-state index in [1.165, 1.54) is 17.4 Å². The average Bonchev–Trinajstić information content (AvgIpc) is 3.12. The Balaban J connectivity index is 1.72. The number of nitrogens with zero attached hydrogens (tertiary/aromatic N) is 1. The molecule has 1 unspecified atom stereocenters. The summed E-state index contributed by atoms with van der Waals surface area (Å²) in [6.45, 7) is 5.82. The van der Waals surface area contributed by atoms with Gasteiger partial charge in [-0.2, -0.15) is 0 Å². The molecule has 0 saturated carbocycles. The number of nitrogens with one attached hydrogen (secondary N) is 1. The molecule has 1 fully saturated rings. The Bertz CT molecular complexity index is 616. The SMILES string of the molecule is Cc1ccc(C(CNC(=O)c2ccco2)N2CCOCC2)cc1. The van der Waals surface area contributed by atoms with Crippen molar-refractivity contribution in [1.29, 1.82) is 0 Å². The van der Waals surface area contributed by atoms with Crippen LogP contribution in [-0.4, -0.2) is 43.7 Å². The Morgan fingerprint density at radius 3 is 2.61 bits per heavy atom. The molecule has 0 radical (unpaired) electrons. The van der Waals surface area contributed by atoms with Gasteiger partial charge in [0, 0.05) is 19.6 Å². The molecule has 3 rings (SSSR count). The van der Waals surface area contributed by atoms with E-state index in [9.17, 15) is 4.79 Å². The van der Waals surface area contributed by atoms with E-state index in [-0.39, 0.29) is 11.9 Å². The molecular formula is C18H22N2O3. The summed E-state index contributed by atoms with van der Waals surface area (Å²) in [6.07, 6.45) is 1.51. The van der Waals surface area contributed by atoms with Crippen molar-refractivity contribution >= 4 is 5.91 Å². The van der Waals surface area contributed by atoms with E-state index in [0.717, 1.165) is 26.3 Å². The van der Waals surface area contributed by atoms with Gasteiger partial charge in [-0.05, 0) is 24.6 Å². The molecule has 1 aromatic heterocycles. The minimum absolute atomic E-state index is 0.137. The lowest BCUT2D eigenvalue weighted by molar-refractivity contribution is 0.0161. The van der Waals surface area contributed by atoms with Crippen molar-refractivity contribution in [3.8, 4) is 0 Å². The standard InChI is InChI=1S/C18H22N2O3/c1-14-4-6-15(7-5-14)16(20-8-11-22-12-9-20)13-19-18(21)17-3-2-10-23-17/h2-7,10,16H,8-9,11-13H2,1H3,(H,19,21). The second-order valence-electron chi connectivity index (χ2n) is 5.76. The van der Waals surface area contributed by atoms with Gasteiger partial charge in [-0.25, -0.2) is 0 Å². The summed E-state index contributed by atoms with van der Waals surface area (Å²) in [5.74, 6) is 0.162. The van der Waals surface area contributed by atoms with Gasteiger partial charge in [0.25, 0.3) is 5.91 Å². The third-order valence-corrected chi connectivity index (χ3v) is 4.15. The molecule has 2 aromatic rings. The van der Waals surface area contributed by atoms with Gasteiger partial charge in [0.1, 0.15) is 0 Å². The van der Waals surface area contributed by atoms with E-state index in [1.807, 2.05) is 0 Å². The molecule has 2 heterocycles. The highest BCUT2D eigenvalue weighted by Gasteiger charge is 2.23. The molecule has 1 aliphatic heterocycles. The van der Waals surface area contributed by atoms with Gasteiger partial charge >= 0.3 is 0 Å². The predicted octanol–water partition coefficient (Wildman–Crippen LogP) is 2.39. The number of aryl methyl sites for hydroxylation is 1. The third-order valence-electron chi connectivity index (χ3n) is 4.15. The maximum Gasteiger partial charge on any atom is 0.287 e. The number of furan rings is 1. The first kappa shape index (κ1) is 15.8. The Labute approximate surface area is 136 Å². The van der Waals surface area contributed by atoms with E-state index in [0.29, 0.717) is 12.3 Å². The zero-order chi connectivity index (χ0) is 16.1. The molecule has 1 amide bonds. The fourth-order valence-electron chi connectivity index (χ4n) is 2.82. The molecule has 1 atom stereocenters. The normalized spacial score (nSPS) is 16.9. The zero-order valence-corrected chi connectivity index (χ0v) is 13.3. The van der Waals surface area contributed by atoms with E-state index < -0.39 is 0 Å². The van der Waals surface area contributed by atoms with Gasteiger partial charge < -0.3 is 14.5 Å². The number of hydrogen-bond donors (Lipinski definition) is 1. The number of morpholine rings is 1. The van der Waals surface area contributed by atoms with Gasteiger partial charge in [-0.3, -0.25) is 9.69 Å². The highest BCUT2D eigenvalue weighted by molar-refractivity contribution is 5.91. The molecule has 1 N–H and O–H groups in total. The van der Waals surface area contributed by atoms with Crippen LogP contribution in [0.3, 0.4) is 0 Å². The van der Waals surface area contributed by atoms with Crippen LogP contribution in [0.1, 0.15) is 27.7 Å². The van der Waals surface area contributed by atoms with Crippen molar-refractivity contribution in [3.63, 3.8) is 0 Å². The molecule has 122 valence electrons. The van der Waals surface area contributed by atoms with E-state index in [2.05, 4.69) is 41.4 Å². The van der Waals surface area contributed by atoms with Crippen LogP contribution in [-0.2, 0) is 4.74 Å². The fraction of sp³-hybridized carbons (Fsp3) is 0.389. The molecule has 1 aromatic carbocycles. The van der Waals surface area contributed by atoms with Crippen molar-refractivity contribution in [3.05, 3.63) is 59.5 Å². The summed E-state index contributed by atoms with van der Waals surface area (Å²) in [5.41, 5.74) is 2.44. The maximum absolute atomic E-state index is 12.1. The molecule has 0 spiro atoms. The molecule has 5 heteroatoms. The maximum atomic E-state index is 12.1. The Morgan fingerprint density at radius 1 is 1.22 bits per heavy atom. The lowest BCUT2D eigenvalue weighted by Crippen LogP contribution is -2.43. The zero-order valence-electron chi connectivity index (χ0n) is 13.3. The average molecular weight is 314 g/mol. The molecule has 0 bridgehead atoms. The first-order valence-corrected chi connectivity index (χ1v) is 7.94. The predicted molar refractivity (Wildman–Crippen MR) is 87.4 cm³/mol. The highest BCUT2D eigenvalue weighted by atomic mass is 16.5. The Hall–Kier alpha value is -2.11. The van der Waals surface area contributed by atoms with Gasteiger partial charge in [-0.1, -0.05) is 29.8 Å². The van der Waals surface area contributed by atoms with Crippen molar-refractivity contribution in [2.75, 3.05) is 32.8 Å². The molecule has 1 aliphatic rings. The summed E-state index contributed by atoms with van der Waals surface area (Å²) < 4.78 is 10.6. The molecular weight excluding hydrogens is 292 g/mol. The second-order valence-corrected chi connectivity index (χ2v) is 5.76. The number of hydrogen-bond acceptors (Lipinski definition) is 4. The van der Waals surface area contributed by atoms with Crippen LogP contribution in [0.15, 0.2) is 47.1 Å². The van der Waals surface area contributed by atoms with Gasteiger partial charge in [0.2, 0.25) is 0 Å². The second kappa shape index (κ2) is 7.44. The van der Waals surface area contributed by atoms with E-state index in [4.69, 9.17) is 9.15 Å². The molecule has 23 heavy (non-hydrogen) atoms. The van der Waals surface area contributed by atoms with Crippen molar-refractivity contribution in [2.24, 2.45) is 0 Å². The van der Waals surface area contributed by atoms with Crippen LogP contribution >= 0.6 is 0 Å². The lowest BCUT2D eigenvalue weighted by atomic mass is 10.0. The summed E-state index contributed by atoms with van der Waals surface area (Å²) in [6, 6.07) is 12.0. The number of carbonyl (C=O) groups excluding carboxylic acids is 1. The first-order chi connectivity index (χ1) is 11.2. The Kier molecular flexibility index (Phi) is 5.10. The summed E-state index contributed by atoms with van der Waals surface area (Å²) in [5, 5.41) is 2.98. The number of rotatable bonds is 5. The van der Waals surface area contributed by atoms with Crippen LogP contribution in [0, 0.1) is 6.92 Å². The van der Waals surface area contributed by atoms with Gasteiger partial charge in [-0.15, -0.1) is 0 Å². The highest BCUT2D eigenvalue weighted by Crippen LogP contribution is 2.22.